The van der Waals surface area contributed by atoms with E-state index >= 15 is 0 Å². The molecular formula is C21H20N4O4S. The maximum Gasteiger partial charge on any atom is 0.423 e. The Kier molecular flexibility index (Phi) is 5.21. The van der Waals surface area contributed by atoms with E-state index in [0.717, 1.165) is 10.1 Å². The Labute approximate surface area is 175 Å². The molecule has 0 saturated carbocycles. The van der Waals surface area contributed by atoms with Crippen molar-refractivity contribution in [3.63, 3.8) is 0 Å². The monoisotopic (exact) mass is 424 g/mol. The van der Waals surface area contributed by atoms with Gasteiger partial charge in [0.05, 0.1) is 13.2 Å². The standard InChI is InChI=1S/C21H20N4O4S/c1-11(2)13-5-7-14(8-6-13)19-24-23-18(30-19)12(3)25-20(26)16-17(29-21(25)27)15(28-4)9-10-22-16/h5-12H,1-4H3/t12-/m0/s1. The van der Waals surface area contributed by atoms with Crippen molar-refractivity contribution in [2.45, 2.75) is 32.7 Å². The molecule has 8 nitrogen and oxygen atoms in total. The van der Waals surface area contributed by atoms with Crippen LogP contribution >= 0.6 is 11.3 Å². The largest absolute Gasteiger partial charge is 0.493 e. The summed E-state index contributed by atoms with van der Waals surface area (Å²) < 4.78 is 11.5. The topological polar surface area (TPSA) is 100 Å². The SMILES string of the molecule is COc1ccnc2c(=O)n([C@@H](C)c3nnc(-c4ccc(C(C)C)cc4)s3)c(=O)oc12. The summed E-state index contributed by atoms with van der Waals surface area (Å²) in [5, 5.41) is 9.68. The lowest BCUT2D eigenvalue weighted by atomic mass is 10.0. The molecule has 0 unspecified atom stereocenters. The van der Waals surface area contributed by atoms with E-state index in [9.17, 15) is 9.59 Å². The van der Waals surface area contributed by atoms with Crippen LogP contribution in [0.2, 0.25) is 0 Å². The first kappa shape index (κ1) is 20.0. The minimum atomic E-state index is -0.802. The van der Waals surface area contributed by atoms with Crippen LogP contribution in [0.4, 0.5) is 0 Å². The predicted molar refractivity (Wildman–Crippen MR) is 114 cm³/mol. The molecule has 0 aliphatic rings. The zero-order valence-corrected chi connectivity index (χ0v) is 17.8. The highest BCUT2D eigenvalue weighted by atomic mass is 32.1. The molecule has 4 rings (SSSR count). The minimum Gasteiger partial charge on any atom is -0.493 e. The van der Waals surface area contributed by atoms with E-state index in [4.69, 9.17) is 9.15 Å². The Morgan fingerprint density at radius 2 is 1.80 bits per heavy atom. The van der Waals surface area contributed by atoms with E-state index < -0.39 is 17.4 Å². The van der Waals surface area contributed by atoms with Crippen LogP contribution in [0.25, 0.3) is 21.7 Å². The summed E-state index contributed by atoms with van der Waals surface area (Å²) in [4.78, 5) is 29.6. The van der Waals surface area contributed by atoms with Crippen molar-refractivity contribution >= 4 is 22.4 Å². The molecule has 0 aliphatic heterocycles. The fourth-order valence-electron chi connectivity index (χ4n) is 3.15. The van der Waals surface area contributed by atoms with Gasteiger partial charge < -0.3 is 9.15 Å². The molecule has 0 fully saturated rings. The second-order valence-corrected chi connectivity index (χ2v) is 8.14. The lowest BCUT2D eigenvalue weighted by Gasteiger charge is -2.11. The van der Waals surface area contributed by atoms with E-state index in [1.54, 1.807) is 6.92 Å². The molecule has 3 heterocycles. The van der Waals surface area contributed by atoms with E-state index in [1.165, 1.54) is 36.3 Å². The first-order valence-corrected chi connectivity index (χ1v) is 10.2. The summed E-state index contributed by atoms with van der Waals surface area (Å²) in [6.45, 7) is 5.98. The zero-order chi connectivity index (χ0) is 21.4. The molecule has 9 heteroatoms. The van der Waals surface area contributed by atoms with Gasteiger partial charge in [-0.2, -0.15) is 0 Å². The number of rotatable bonds is 5. The van der Waals surface area contributed by atoms with Gasteiger partial charge in [0.2, 0.25) is 5.58 Å². The van der Waals surface area contributed by atoms with Crippen molar-refractivity contribution in [3.05, 3.63) is 68.0 Å². The minimum absolute atomic E-state index is 0.0230. The second-order valence-electron chi connectivity index (χ2n) is 7.13. The predicted octanol–water partition coefficient (Wildman–Crippen LogP) is 3.61. The first-order valence-electron chi connectivity index (χ1n) is 9.42. The number of hydrogen-bond donors (Lipinski definition) is 0. The van der Waals surface area contributed by atoms with Gasteiger partial charge in [0.15, 0.2) is 11.3 Å². The maximum atomic E-state index is 13.0. The Morgan fingerprint density at radius 3 is 2.47 bits per heavy atom. The van der Waals surface area contributed by atoms with Crippen molar-refractivity contribution in [1.29, 1.82) is 0 Å². The molecule has 3 aromatic heterocycles. The summed E-state index contributed by atoms with van der Waals surface area (Å²) >= 11 is 1.33. The van der Waals surface area contributed by atoms with Crippen molar-refractivity contribution in [2.24, 2.45) is 0 Å². The highest BCUT2D eigenvalue weighted by Crippen LogP contribution is 2.29. The van der Waals surface area contributed by atoms with Crippen LogP contribution in [0, 0.1) is 0 Å². The van der Waals surface area contributed by atoms with Gasteiger partial charge in [-0.1, -0.05) is 49.4 Å². The number of pyridine rings is 1. The molecule has 1 atom stereocenters. The van der Waals surface area contributed by atoms with Crippen molar-refractivity contribution in [3.8, 4) is 16.3 Å². The molecule has 30 heavy (non-hydrogen) atoms. The second kappa shape index (κ2) is 7.83. The van der Waals surface area contributed by atoms with Crippen LogP contribution in [0.15, 0.2) is 50.5 Å². The van der Waals surface area contributed by atoms with Crippen LogP contribution in [0.5, 0.6) is 5.75 Å². The van der Waals surface area contributed by atoms with Gasteiger partial charge >= 0.3 is 5.76 Å². The van der Waals surface area contributed by atoms with Crippen LogP contribution in [0.3, 0.4) is 0 Å². The molecule has 1 aromatic carbocycles. The number of methoxy groups -OCH3 is 1. The molecule has 4 aromatic rings. The number of fused-ring (bicyclic) bond motifs is 1. The summed E-state index contributed by atoms with van der Waals surface area (Å²) in [5.41, 5.74) is 1.65. The van der Waals surface area contributed by atoms with Crippen LogP contribution in [-0.2, 0) is 0 Å². The molecule has 0 aliphatic carbocycles. The molecule has 154 valence electrons. The van der Waals surface area contributed by atoms with Gasteiger partial charge in [-0.25, -0.2) is 14.3 Å². The van der Waals surface area contributed by atoms with Gasteiger partial charge in [-0.3, -0.25) is 4.79 Å². The van der Waals surface area contributed by atoms with Gasteiger partial charge in [0.1, 0.15) is 10.0 Å². The quantitative estimate of drug-likeness (QED) is 0.482. The van der Waals surface area contributed by atoms with Gasteiger partial charge in [-0.05, 0) is 18.4 Å². The van der Waals surface area contributed by atoms with Crippen LogP contribution < -0.4 is 16.1 Å². The van der Waals surface area contributed by atoms with Crippen molar-refractivity contribution < 1.29 is 9.15 Å². The van der Waals surface area contributed by atoms with E-state index in [1.807, 2.05) is 12.1 Å². The molecule has 0 spiro atoms. The number of hydrogen-bond acceptors (Lipinski definition) is 8. The van der Waals surface area contributed by atoms with Crippen LogP contribution in [0.1, 0.15) is 43.3 Å². The van der Waals surface area contributed by atoms with Gasteiger partial charge in [0.25, 0.3) is 5.56 Å². The Morgan fingerprint density at radius 1 is 1.07 bits per heavy atom. The van der Waals surface area contributed by atoms with Gasteiger partial charge in [-0.15, -0.1) is 10.2 Å². The van der Waals surface area contributed by atoms with Crippen molar-refractivity contribution in [1.82, 2.24) is 19.7 Å². The molecule has 0 radical (unpaired) electrons. The third-order valence-electron chi connectivity index (χ3n) is 4.91. The third-order valence-corrected chi connectivity index (χ3v) is 6.05. The van der Waals surface area contributed by atoms with Crippen molar-refractivity contribution in [2.75, 3.05) is 7.11 Å². The van der Waals surface area contributed by atoms with E-state index in [-0.39, 0.29) is 16.8 Å². The highest BCUT2D eigenvalue weighted by molar-refractivity contribution is 7.14. The molecule has 0 saturated heterocycles. The van der Waals surface area contributed by atoms with Crippen LogP contribution in [-0.4, -0.2) is 26.9 Å². The van der Waals surface area contributed by atoms with E-state index in [2.05, 4.69) is 41.2 Å². The molecule has 0 N–H and O–H groups in total. The molecule has 0 bridgehead atoms. The maximum absolute atomic E-state index is 13.0. The highest BCUT2D eigenvalue weighted by Gasteiger charge is 2.22. The summed E-state index contributed by atoms with van der Waals surface area (Å²) in [6.07, 6.45) is 1.43. The summed E-state index contributed by atoms with van der Waals surface area (Å²) in [5.74, 6) is -0.0864. The lowest BCUT2D eigenvalue weighted by molar-refractivity contribution is 0.390. The molecular weight excluding hydrogens is 404 g/mol. The average molecular weight is 424 g/mol. The number of benzene rings is 1. The smallest absolute Gasteiger partial charge is 0.423 e. The Bertz CT molecular complexity index is 1320. The fourth-order valence-corrected chi connectivity index (χ4v) is 4.04. The Hall–Kier alpha value is -3.33. The number of ether oxygens (including phenoxy) is 1. The van der Waals surface area contributed by atoms with Gasteiger partial charge in [0, 0.05) is 17.8 Å². The fraction of sp³-hybridized carbons (Fsp3) is 0.286. The van der Waals surface area contributed by atoms with E-state index in [0.29, 0.717) is 15.9 Å². The summed E-state index contributed by atoms with van der Waals surface area (Å²) in [6, 6.07) is 8.99. The zero-order valence-electron chi connectivity index (χ0n) is 16.9. The third kappa shape index (κ3) is 3.41. The summed E-state index contributed by atoms with van der Waals surface area (Å²) in [7, 11) is 1.43. The lowest BCUT2D eigenvalue weighted by Crippen LogP contribution is -2.35. The normalized spacial score (nSPS) is 12.4. The number of aromatic nitrogens is 4. The first-order chi connectivity index (χ1) is 14.4. The number of nitrogens with zero attached hydrogens (tertiary/aromatic N) is 4. The average Bonchev–Trinajstić information content (AvgIpc) is 3.23. The Balaban J connectivity index is 1.74. The molecule has 0 amide bonds.